The lowest BCUT2D eigenvalue weighted by Gasteiger charge is -2.26. The first kappa shape index (κ1) is 14.2. The molecule has 1 amide bonds. The van der Waals surface area contributed by atoms with Gasteiger partial charge >= 0.3 is 6.09 Å². The zero-order valence-electron chi connectivity index (χ0n) is 13.0. The summed E-state index contributed by atoms with van der Waals surface area (Å²) < 4.78 is 11.3. The van der Waals surface area contributed by atoms with Crippen molar-refractivity contribution in [2.75, 3.05) is 13.2 Å². The molecule has 1 atom stereocenters. The van der Waals surface area contributed by atoms with Gasteiger partial charge < -0.3 is 14.4 Å². The van der Waals surface area contributed by atoms with Crippen LogP contribution < -0.4 is 4.74 Å². The van der Waals surface area contributed by atoms with E-state index in [1.807, 2.05) is 37.8 Å². The van der Waals surface area contributed by atoms with E-state index in [9.17, 15) is 4.79 Å². The van der Waals surface area contributed by atoms with Gasteiger partial charge in [0.1, 0.15) is 11.4 Å². The summed E-state index contributed by atoms with van der Waals surface area (Å²) in [5.41, 5.74) is 2.04. The molecule has 0 radical (unpaired) electrons. The van der Waals surface area contributed by atoms with Gasteiger partial charge in [0.15, 0.2) is 0 Å². The van der Waals surface area contributed by atoms with Crippen LogP contribution in [0, 0.1) is 0 Å². The van der Waals surface area contributed by atoms with Crippen molar-refractivity contribution in [1.82, 2.24) is 4.90 Å². The number of nitrogens with zero attached hydrogens (tertiary/aromatic N) is 1. The van der Waals surface area contributed by atoms with Crippen molar-refractivity contribution < 1.29 is 14.3 Å². The summed E-state index contributed by atoms with van der Waals surface area (Å²) in [5, 5.41) is 0. The fourth-order valence-corrected chi connectivity index (χ4v) is 3.14. The van der Waals surface area contributed by atoms with Crippen LogP contribution in [0.5, 0.6) is 5.75 Å². The third kappa shape index (κ3) is 2.99. The Balaban J connectivity index is 1.85. The molecule has 0 bridgehead atoms. The molecule has 1 unspecified atom stereocenters. The molecule has 114 valence electrons. The summed E-state index contributed by atoms with van der Waals surface area (Å²) in [4.78, 5) is 14.2. The van der Waals surface area contributed by atoms with E-state index in [1.54, 1.807) is 0 Å². The van der Waals surface area contributed by atoms with E-state index in [-0.39, 0.29) is 6.09 Å². The Hall–Kier alpha value is -1.71. The molecular weight excluding hydrogens is 266 g/mol. The molecule has 4 nitrogen and oxygen atoms in total. The van der Waals surface area contributed by atoms with Crippen LogP contribution in [0.25, 0.3) is 0 Å². The predicted molar refractivity (Wildman–Crippen MR) is 80.6 cm³/mol. The average molecular weight is 289 g/mol. The van der Waals surface area contributed by atoms with Gasteiger partial charge in [-0.25, -0.2) is 4.79 Å². The van der Waals surface area contributed by atoms with Crippen LogP contribution in [0.2, 0.25) is 0 Å². The second-order valence-electron chi connectivity index (χ2n) is 6.85. The minimum Gasteiger partial charge on any atom is -0.493 e. The molecule has 2 aliphatic heterocycles. The van der Waals surface area contributed by atoms with E-state index < -0.39 is 5.60 Å². The number of ether oxygens (including phenoxy) is 2. The van der Waals surface area contributed by atoms with E-state index >= 15 is 0 Å². The first-order valence-electron chi connectivity index (χ1n) is 7.66. The van der Waals surface area contributed by atoms with Gasteiger partial charge in [0.2, 0.25) is 0 Å². The van der Waals surface area contributed by atoms with Gasteiger partial charge in [-0.2, -0.15) is 0 Å². The number of benzene rings is 1. The van der Waals surface area contributed by atoms with Crippen LogP contribution in [0.1, 0.15) is 50.7 Å². The number of carbonyl (C=O) groups excluding carboxylic acids is 1. The van der Waals surface area contributed by atoms with E-state index in [1.165, 1.54) is 11.1 Å². The maximum Gasteiger partial charge on any atom is 0.410 e. The Morgan fingerprint density at radius 1 is 1.33 bits per heavy atom. The number of rotatable bonds is 0. The first-order chi connectivity index (χ1) is 9.94. The molecule has 0 N–H and O–H groups in total. The van der Waals surface area contributed by atoms with Crippen LogP contribution in [0.15, 0.2) is 18.2 Å². The largest absolute Gasteiger partial charge is 0.493 e. The average Bonchev–Trinajstić information content (AvgIpc) is 2.59. The van der Waals surface area contributed by atoms with E-state index in [2.05, 4.69) is 6.07 Å². The molecule has 3 rings (SSSR count). The fourth-order valence-electron chi connectivity index (χ4n) is 3.14. The highest BCUT2D eigenvalue weighted by Gasteiger charge is 2.31. The fraction of sp³-hybridized carbons (Fsp3) is 0.588. The molecule has 21 heavy (non-hydrogen) atoms. The lowest BCUT2D eigenvalue weighted by Crippen LogP contribution is -2.36. The molecule has 4 heteroatoms. The van der Waals surface area contributed by atoms with Gasteiger partial charge in [0.25, 0.3) is 0 Å². The minimum absolute atomic E-state index is 0.223. The highest BCUT2D eigenvalue weighted by atomic mass is 16.6. The molecule has 2 aliphatic rings. The Labute approximate surface area is 126 Å². The molecule has 0 saturated carbocycles. The van der Waals surface area contributed by atoms with Gasteiger partial charge in [-0.1, -0.05) is 12.1 Å². The first-order valence-corrected chi connectivity index (χ1v) is 7.66. The molecule has 0 spiro atoms. The molecule has 1 aromatic carbocycles. The molecule has 0 aliphatic carbocycles. The Bertz CT molecular complexity index is 547. The molecule has 1 aromatic rings. The maximum atomic E-state index is 12.3. The topological polar surface area (TPSA) is 38.8 Å². The SMILES string of the molecule is CC(C)(C)OC(=O)N1CCC2CCOc3cccc(c32)C1. The molecule has 2 heterocycles. The van der Waals surface area contributed by atoms with Crippen molar-refractivity contribution in [2.24, 2.45) is 0 Å². The summed E-state index contributed by atoms with van der Waals surface area (Å²) in [6.45, 7) is 7.83. The van der Waals surface area contributed by atoms with Crippen molar-refractivity contribution in [2.45, 2.75) is 51.7 Å². The number of carbonyl (C=O) groups is 1. The van der Waals surface area contributed by atoms with Crippen LogP contribution in [-0.4, -0.2) is 29.7 Å². The van der Waals surface area contributed by atoms with Gasteiger partial charge in [-0.3, -0.25) is 0 Å². The second-order valence-corrected chi connectivity index (χ2v) is 6.85. The quantitative estimate of drug-likeness (QED) is 0.731. The van der Waals surface area contributed by atoms with Gasteiger partial charge in [-0.15, -0.1) is 0 Å². The van der Waals surface area contributed by atoms with Crippen LogP contribution >= 0.6 is 0 Å². The van der Waals surface area contributed by atoms with Crippen LogP contribution in [0.4, 0.5) is 4.79 Å². The van der Waals surface area contributed by atoms with E-state index in [0.717, 1.165) is 31.7 Å². The summed E-state index contributed by atoms with van der Waals surface area (Å²) >= 11 is 0. The summed E-state index contributed by atoms with van der Waals surface area (Å²) in [7, 11) is 0. The van der Waals surface area contributed by atoms with Crippen LogP contribution in [-0.2, 0) is 11.3 Å². The van der Waals surface area contributed by atoms with E-state index in [4.69, 9.17) is 9.47 Å². The third-order valence-corrected chi connectivity index (χ3v) is 4.05. The van der Waals surface area contributed by atoms with Crippen molar-refractivity contribution >= 4 is 6.09 Å². The van der Waals surface area contributed by atoms with Crippen molar-refractivity contribution in [3.05, 3.63) is 29.3 Å². The highest BCUT2D eigenvalue weighted by molar-refractivity contribution is 5.68. The normalized spacial score (nSPS) is 21.1. The molecule has 0 saturated heterocycles. The Morgan fingerprint density at radius 2 is 2.14 bits per heavy atom. The second kappa shape index (κ2) is 5.24. The molecule has 0 aromatic heterocycles. The summed E-state index contributed by atoms with van der Waals surface area (Å²) in [5.74, 6) is 1.49. The van der Waals surface area contributed by atoms with Crippen molar-refractivity contribution in [1.29, 1.82) is 0 Å². The van der Waals surface area contributed by atoms with Gasteiger partial charge in [-0.05, 0) is 51.2 Å². The zero-order chi connectivity index (χ0) is 15.0. The number of amides is 1. The van der Waals surface area contributed by atoms with Crippen molar-refractivity contribution in [3.63, 3.8) is 0 Å². The lowest BCUT2D eigenvalue weighted by atomic mass is 9.88. The monoisotopic (exact) mass is 289 g/mol. The zero-order valence-corrected chi connectivity index (χ0v) is 13.0. The smallest absolute Gasteiger partial charge is 0.410 e. The summed E-state index contributed by atoms with van der Waals surface area (Å²) in [6.07, 6.45) is 1.79. The minimum atomic E-state index is -0.454. The number of hydrogen-bond acceptors (Lipinski definition) is 3. The van der Waals surface area contributed by atoms with Crippen LogP contribution in [0.3, 0.4) is 0 Å². The van der Waals surface area contributed by atoms with Gasteiger partial charge in [0.05, 0.1) is 6.61 Å². The third-order valence-electron chi connectivity index (χ3n) is 4.05. The Morgan fingerprint density at radius 3 is 2.90 bits per heavy atom. The standard InChI is InChI=1S/C17H23NO3/c1-17(2,3)21-16(19)18-9-7-12-8-10-20-14-6-4-5-13(11-18)15(12)14/h4-6,12H,7-11H2,1-3H3. The predicted octanol–water partition coefficient (Wildman–Crippen LogP) is 3.69. The van der Waals surface area contributed by atoms with Gasteiger partial charge in [0, 0.05) is 18.7 Å². The van der Waals surface area contributed by atoms with Crippen molar-refractivity contribution in [3.8, 4) is 5.75 Å². The molecule has 0 fully saturated rings. The van der Waals surface area contributed by atoms with E-state index in [0.29, 0.717) is 12.5 Å². The Kier molecular flexibility index (Phi) is 3.56. The summed E-state index contributed by atoms with van der Waals surface area (Å²) in [6, 6.07) is 6.15. The molecular formula is C17H23NO3. The number of hydrogen-bond donors (Lipinski definition) is 0. The lowest BCUT2D eigenvalue weighted by molar-refractivity contribution is 0.0234. The maximum absolute atomic E-state index is 12.3. The highest BCUT2D eigenvalue weighted by Crippen LogP contribution is 2.40.